The third-order valence-corrected chi connectivity index (χ3v) is 16.6. The van der Waals surface area contributed by atoms with E-state index in [1.807, 2.05) is 36.4 Å². The number of methoxy groups -OCH3 is 2. The third-order valence-electron chi connectivity index (χ3n) is 5.97. The maximum absolute atomic E-state index is 6.49. The van der Waals surface area contributed by atoms with Crippen LogP contribution in [-0.4, -0.2) is 14.2 Å². The zero-order valence-electron chi connectivity index (χ0n) is 17.7. The fourth-order valence-corrected chi connectivity index (χ4v) is 13.7. The van der Waals surface area contributed by atoms with Gasteiger partial charge in [-0.05, 0) is 0 Å². The Morgan fingerprint density at radius 2 is 0.806 bits per heavy atom. The van der Waals surface area contributed by atoms with Gasteiger partial charge >= 0.3 is 193 Å². The molecule has 4 aromatic rings. The molecule has 0 unspecified atom stereocenters. The summed E-state index contributed by atoms with van der Waals surface area (Å²) in [4.78, 5) is 0. The first kappa shape index (κ1) is 21.9. The molecule has 158 valence electrons. The van der Waals surface area contributed by atoms with E-state index in [2.05, 4.69) is 100 Å². The van der Waals surface area contributed by atoms with Crippen molar-refractivity contribution in [3.8, 4) is 0 Å². The predicted octanol–water partition coefficient (Wildman–Crippen LogP) is 5.93. The first-order valence-electron chi connectivity index (χ1n) is 10.2. The minimum atomic E-state index is -3.61. The van der Waals surface area contributed by atoms with Gasteiger partial charge in [0.15, 0.2) is 0 Å². The van der Waals surface area contributed by atoms with Crippen molar-refractivity contribution in [1.82, 2.24) is 0 Å². The standard InChI is InChI=1S/C27H26BrO2P/c1-29-27(30-2,23-15-7-3-8-16-23)31(28,24-17-9-4-10-18-24,25-19-11-5-12-20-25)26-21-13-6-14-22-26/h3-22H,1-2H3. The van der Waals surface area contributed by atoms with Gasteiger partial charge in [0.2, 0.25) is 0 Å². The SMILES string of the molecule is COC(OC)(c1ccccc1)P(Br)(c1ccccc1)(c1ccccc1)c1ccccc1. The molecule has 0 spiro atoms. The Morgan fingerprint density at radius 1 is 0.516 bits per heavy atom. The average Bonchev–Trinajstić information content (AvgIpc) is 2.87. The normalized spacial score (nSPS) is 13.3. The summed E-state index contributed by atoms with van der Waals surface area (Å²) in [5, 5.41) is -0.237. The predicted molar refractivity (Wildman–Crippen MR) is 136 cm³/mol. The molecule has 0 aliphatic heterocycles. The van der Waals surface area contributed by atoms with E-state index in [1.54, 1.807) is 14.2 Å². The van der Waals surface area contributed by atoms with Crippen LogP contribution in [0, 0.1) is 0 Å². The van der Waals surface area contributed by atoms with Crippen molar-refractivity contribution in [2.75, 3.05) is 14.2 Å². The van der Waals surface area contributed by atoms with Crippen LogP contribution < -0.4 is 15.9 Å². The molecule has 31 heavy (non-hydrogen) atoms. The molecule has 0 amide bonds. The molecule has 0 aromatic heterocycles. The minimum absolute atomic E-state index is 0.950. The number of benzene rings is 4. The van der Waals surface area contributed by atoms with Crippen LogP contribution in [0.25, 0.3) is 0 Å². The molecule has 0 aliphatic rings. The van der Waals surface area contributed by atoms with Crippen LogP contribution in [0.2, 0.25) is 0 Å². The Hall–Kier alpha value is -2.29. The van der Waals surface area contributed by atoms with Crippen LogP contribution in [0.5, 0.6) is 0 Å². The van der Waals surface area contributed by atoms with Crippen molar-refractivity contribution >= 4 is 36.7 Å². The van der Waals surface area contributed by atoms with E-state index in [1.165, 1.54) is 0 Å². The van der Waals surface area contributed by atoms with Gasteiger partial charge < -0.3 is 0 Å². The first-order valence-corrected chi connectivity index (χ1v) is 14.4. The molecular formula is C27H26BrO2P. The monoisotopic (exact) mass is 492 g/mol. The van der Waals surface area contributed by atoms with Crippen LogP contribution in [-0.2, 0) is 15.0 Å². The second kappa shape index (κ2) is 8.68. The molecule has 0 bridgehead atoms. The van der Waals surface area contributed by atoms with Crippen molar-refractivity contribution < 1.29 is 9.47 Å². The number of rotatable bonds is 7. The van der Waals surface area contributed by atoms with Crippen molar-refractivity contribution in [3.63, 3.8) is 0 Å². The summed E-state index contributed by atoms with van der Waals surface area (Å²) < 4.78 is 13.0. The Balaban J connectivity index is 2.29. The van der Waals surface area contributed by atoms with Crippen LogP contribution in [0.15, 0.2) is 121 Å². The summed E-state index contributed by atoms with van der Waals surface area (Å²) in [6.07, 6.45) is 0. The zero-order chi connectivity index (χ0) is 21.8. The van der Waals surface area contributed by atoms with E-state index in [0.717, 1.165) is 21.5 Å². The Labute approximate surface area is 192 Å². The number of hydrogen-bond acceptors (Lipinski definition) is 2. The molecule has 0 saturated carbocycles. The summed E-state index contributed by atoms with van der Waals surface area (Å²) in [6.45, 7) is 0. The molecule has 0 heterocycles. The quantitative estimate of drug-likeness (QED) is 0.235. The number of ether oxygens (including phenoxy) is 2. The van der Waals surface area contributed by atoms with Crippen LogP contribution >= 0.6 is 20.8 Å². The van der Waals surface area contributed by atoms with E-state index in [4.69, 9.17) is 9.47 Å². The van der Waals surface area contributed by atoms with Gasteiger partial charge in [-0.3, -0.25) is 0 Å². The number of hydrogen-bond donors (Lipinski definition) is 0. The number of halogens is 1. The third kappa shape index (κ3) is 3.03. The zero-order valence-corrected chi connectivity index (χ0v) is 20.2. The Kier molecular flexibility index (Phi) is 6.14. The van der Waals surface area contributed by atoms with Crippen LogP contribution in [0.4, 0.5) is 0 Å². The summed E-state index contributed by atoms with van der Waals surface area (Å²) in [5.74, 6) is 0. The second-order valence-corrected chi connectivity index (χ2v) is 15.8. The van der Waals surface area contributed by atoms with E-state index in [9.17, 15) is 0 Å². The molecular weight excluding hydrogens is 467 g/mol. The molecule has 4 heteroatoms. The maximum atomic E-state index is 6.49. The fourth-order valence-electron chi connectivity index (χ4n) is 4.63. The molecule has 2 nitrogen and oxygen atoms in total. The molecule has 0 saturated heterocycles. The van der Waals surface area contributed by atoms with Gasteiger partial charge in [-0.2, -0.15) is 0 Å². The second-order valence-electron chi connectivity index (χ2n) is 7.37. The summed E-state index contributed by atoms with van der Waals surface area (Å²) in [5.41, 5.74) is -0.164. The van der Waals surface area contributed by atoms with E-state index in [-0.39, 0.29) is 0 Å². The van der Waals surface area contributed by atoms with Gasteiger partial charge in [-0.1, -0.05) is 0 Å². The molecule has 0 radical (unpaired) electrons. The Morgan fingerprint density at radius 3 is 1.10 bits per heavy atom. The fraction of sp³-hybridized carbons (Fsp3) is 0.111. The Bertz CT molecular complexity index is 1020. The van der Waals surface area contributed by atoms with E-state index < -0.39 is 10.8 Å². The molecule has 0 aliphatic carbocycles. The van der Waals surface area contributed by atoms with Gasteiger partial charge in [0, 0.05) is 0 Å². The summed E-state index contributed by atoms with van der Waals surface area (Å²) in [7, 11) is 3.46. The van der Waals surface area contributed by atoms with E-state index in [0.29, 0.717) is 0 Å². The topological polar surface area (TPSA) is 18.5 Å². The van der Waals surface area contributed by atoms with Gasteiger partial charge in [-0.15, -0.1) is 0 Å². The van der Waals surface area contributed by atoms with Crippen molar-refractivity contribution in [3.05, 3.63) is 127 Å². The molecule has 0 atom stereocenters. The summed E-state index contributed by atoms with van der Waals surface area (Å²) in [6, 6.07) is 41.8. The van der Waals surface area contributed by atoms with Crippen LogP contribution in [0.1, 0.15) is 5.56 Å². The van der Waals surface area contributed by atoms with Gasteiger partial charge in [0.1, 0.15) is 0 Å². The average molecular weight is 493 g/mol. The molecule has 0 N–H and O–H groups in total. The van der Waals surface area contributed by atoms with Crippen molar-refractivity contribution in [2.24, 2.45) is 0 Å². The van der Waals surface area contributed by atoms with Gasteiger partial charge in [-0.25, -0.2) is 0 Å². The first-order chi connectivity index (χ1) is 15.1. The molecule has 0 fully saturated rings. The van der Waals surface area contributed by atoms with Gasteiger partial charge in [0.05, 0.1) is 0 Å². The van der Waals surface area contributed by atoms with E-state index >= 15 is 0 Å². The summed E-state index contributed by atoms with van der Waals surface area (Å²) >= 11 is 4.48. The van der Waals surface area contributed by atoms with Gasteiger partial charge in [0.25, 0.3) is 0 Å². The molecule has 4 rings (SSSR count). The van der Waals surface area contributed by atoms with Crippen molar-refractivity contribution in [2.45, 2.75) is 5.53 Å². The van der Waals surface area contributed by atoms with Crippen molar-refractivity contribution in [1.29, 1.82) is 0 Å². The molecule has 4 aromatic carbocycles. The van der Waals surface area contributed by atoms with Crippen LogP contribution in [0.3, 0.4) is 0 Å².